The quantitative estimate of drug-likeness (QED) is 0.342. The summed E-state index contributed by atoms with van der Waals surface area (Å²) in [4.78, 5) is 38.7. The molecule has 0 unspecified atom stereocenters. The van der Waals surface area contributed by atoms with Crippen molar-refractivity contribution in [2.75, 3.05) is 11.9 Å². The summed E-state index contributed by atoms with van der Waals surface area (Å²) in [6.07, 6.45) is 1.67. The van der Waals surface area contributed by atoms with Gasteiger partial charge in [-0.25, -0.2) is 0 Å². The van der Waals surface area contributed by atoms with E-state index in [1.54, 1.807) is 54.6 Å². The maximum absolute atomic E-state index is 12.7. The molecule has 0 atom stereocenters. The first kappa shape index (κ1) is 24.1. The highest BCUT2D eigenvalue weighted by molar-refractivity contribution is 9.10. The molecule has 4 rings (SSSR count). The van der Waals surface area contributed by atoms with E-state index in [4.69, 9.17) is 16.3 Å². The Labute approximate surface area is 214 Å². The van der Waals surface area contributed by atoms with Gasteiger partial charge in [-0.15, -0.1) is 0 Å². The second-order valence-corrected chi connectivity index (χ2v) is 9.65. The Balaban J connectivity index is 1.33. The number of hydrogen-bond acceptors (Lipinski definition) is 5. The van der Waals surface area contributed by atoms with Crippen LogP contribution in [0.3, 0.4) is 0 Å². The number of hydrogen-bond donors (Lipinski definition) is 1. The summed E-state index contributed by atoms with van der Waals surface area (Å²) < 4.78 is 6.45. The summed E-state index contributed by atoms with van der Waals surface area (Å²) in [5.74, 6) is -0.116. The van der Waals surface area contributed by atoms with Crippen LogP contribution in [-0.2, 0) is 16.1 Å². The van der Waals surface area contributed by atoms with Gasteiger partial charge in [0.15, 0.2) is 6.61 Å². The van der Waals surface area contributed by atoms with Gasteiger partial charge in [-0.1, -0.05) is 51.8 Å². The van der Waals surface area contributed by atoms with Crippen LogP contribution in [0.2, 0.25) is 5.02 Å². The maximum atomic E-state index is 12.7. The van der Waals surface area contributed by atoms with Crippen molar-refractivity contribution in [1.29, 1.82) is 0 Å². The third-order valence-corrected chi connectivity index (χ3v) is 6.49. The lowest BCUT2D eigenvalue weighted by molar-refractivity contribution is -0.123. The van der Waals surface area contributed by atoms with E-state index in [1.165, 1.54) is 4.90 Å². The van der Waals surface area contributed by atoms with Crippen molar-refractivity contribution in [2.45, 2.75) is 6.54 Å². The molecule has 1 heterocycles. The fourth-order valence-corrected chi connectivity index (χ4v) is 4.33. The SMILES string of the molecule is O=C(COc1ccc(/C=C2\SC(=O)N(Cc3ccc(Br)cc3)C2=O)cc1)Nc1ccc(Cl)cc1. The standard InChI is InChI=1S/C25H18BrClN2O4S/c26-18-5-1-17(2-6-18)14-29-24(31)22(34-25(29)32)13-16-3-11-21(12-4-16)33-15-23(30)28-20-9-7-19(27)8-10-20/h1-13H,14-15H2,(H,28,30)/b22-13-. The molecule has 0 aromatic heterocycles. The normalized spacial score (nSPS) is 14.5. The molecule has 9 heteroatoms. The highest BCUT2D eigenvalue weighted by atomic mass is 79.9. The predicted molar refractivity (Wildman–Crippen MR) is 138 cm³/mol. The summed E-state index contributed by atoms with van der Waals surface area (Å²) >= 11 is 10.1. The minimum atomic E-state index is -0.322. The first-order valence-electron chi connectivity index (χ1n) is 10.2. The summed E-state index contributed by atoms with van der Waals surface area (Å²) in [6.45, 7) is 0.0665. The molecular weight excluding hydrogens is 540 g/mol. The third-order valence-electron chi connectivity index (χ3n) is 4.80. The van der Waals surface area contributed by atoms with E-state index in [2.05, 4.69) is 21.2 Å². The number of amides is 3. The van der Waals surface area contributed by atoms with Gasteiger partial charge in [-0.05, 0) is 77.5 Å². The number of carbonyl (C=O) groups excluding carboxylic acids is 3. The first-order valence-corrected chi connectivity index (χ1v) is 12.1. The zero-order chi connectivity index (χ0) is 24.1. The second-order valence-electron chi connectivity index (χ2n) is 7.31. The first-order chi connectivity index (χ1) is 16.4. The molecule has 6 nitrogen and oxygen atoms in total. The average Bonchev–Trinajstić information content (AvgIpc) is 3.09. The van der Waals surface area contributed by atoms with Gasteiger partial charge in [-0.3, -0.25) is 19.3 Å². The molecule has 3 amide bonds. The van der Waals surface area contributed by atoms with Crippen molar-refractivity contribution < 1.29 is 19.1 Å². The summed E-state index contributed by atoms with van der Waals surface area (Å²) in [6, 6.07) is 21.2. The van der Waals surface area contributed by atoms with E-state index in [9.17, 15) is 14.4 Å². The molecule has 0 saturated carbocycles. The molecule has 0 bridgehead atoms. The van der Waals surface area contributed by atoms with E-state index in [0.717, 1.165) is 27.4 Å². The number of rotatable bonds is 7. The van der Waals surface area contributed by atoms with Crippen LogP contribution in [0.25, 0.3) is 6.08 Å². The number of thioether (sulfide) groups is 1. The largest absolute Gasteiger partial charge is 0.484 e. The van der Waals surface area contributed by atoms with Crippen LogP contribution in [0.1, 0.15) is 11.1 Å². The van der Waals surface area contributed by atoms with Crippen molar-refractivity contribution in [3.63, 3.8) is 0 Å². The minimum absolute atomic E-state index is 0.156. The number of imide groups is 1. The molecule has 1 saturated heterocycles. The fraction of sp³-hybridized carbons (Fsp3) is 0.0800. The van der Waals surface area contributed by atoms with Crippen LogP contribution in [0, 0.1) is 0 Å². The molecule has 1 aliphatic rings. The molecule has 172 valence electrons. The van der Waals surface area contributed by atoms with E-state index >= 15 is 0 Å². The van der Waals surface area contributed by atoms with Crippen LogP contribution in [0.4, 0.5) is 10.5 Å². The molecule has 1 fully saturated rings. The summed E-state index contributed by atoms with van der Waals surface area (Å²) in [5, 5.41) is 3.01. The number of carbonyl (C=O) groups is 3. The number of nitrogens with zero attached hydrogens (tertiary/aromatic N) is 1. The lowest BCUT2D eigenvalue weighted by atomic mass is 10.2. The number of nitrogens with one attached hydrogen (secondary N) is 1. The van der Waals surface area contributed by atoms with E-state index in [0.29, 0.717) is 21.4 Å². The van der Waals surface area contributed by atoms with Gasteiger partial charge < -0.3 is 10.1 Å². The zero-order valence-electron chi connectivity index (χ0n) is 17.7. The van der Waals surface area contributed by atoms with Gasteiger partial charge in [0.25, 0.3) is 17.1 Å². The number of ether oxygens (including phenoxy) is 1. The number of benzene rings is 3. The third kappa shape index (κ3) is 6.28. The van der Waals surface area contributed by atoms with E-state index in [-0.39, 0.29) is 30.2 Å². The molecule has 1 N–H and O–H groups in total. The second kappa shape index (κ2) is 10.9. The Bertz CT molecular complexity index is 1250. The van der Waals surface area contributed by atoms with E-state index in [1.807, 2.05) is 24.3 Å². The van der Waals surface area contributed by atoms with Crippen LogP contribution in [0.15, 0.2) is 82.2 Å². The Morgan fingerprint density at radius 1 is 1.00 bits per heavy atom. The minimum Gasteiger partial charge on any atom is -0.484 e. The molecule has 3 aromatic carbocycles. The highest BCUT2D eigenvalue weighted by Crippen LogP contribution is 2.33. The van der Waals surface area contributed by atoms with Crippen molar-refractivity contribution in [2.24, 2.45) is 0 Å². The Morgan fingerprint density at radius 2 is 1.68 bits per heavy atom. The van der Waals surface area contributed by atoms with Crippen molar-refractivity contribution in [1.82, 2.24) is 4.90 Å². The van der Waals surface area contributed by atoms with Crippen LogP contribution in [0.5, 0.6) is 5.75 Å². The van der Waals surface area contributed by atoms with Crippen molar-refractivity contribution >= 4 is 68.1 Å². The van der Waals surface area contributed by atoms with Crippen molar-refractivity contribution in [3.05, 3.63) is 98.3 Å². The lowest BCUT2D eigenvalue weighted by Gasteiger charge is -2.12. The van der Waals surface area contributed by atoms with Crippen molar-refractivity contribution in [3.8, 4) is 5.75 Å². The molecule has 1 aliphatic heterocycles. The monoisotopic (exact) mass is 556 g/mol. The van der Waals surface area contributed by atoms with Gasteiger partial charge in [0.2, 0.25) is 0 Å². The lowest BCUT2D eigenvalue weighted by Crippen LogP contribution is -2.27. The molecule has 3 aromatic rings. The molecular formula is C25H18BrClN2O4S. The molecule has 0 aliphatic carbocycles. The smallest absolute Gasteiger partial charge is 0.293 e. The number of halogens is 2. The zero-order valence-corrected chi connectivity index (χ0v) is 20.8. The van der Waals surface area contributed by atoms with Gasteiger partial charge in [0.1, 0.15) is 5.75 Å². The van der Waals surface area contributed by atoms with Crippen LogP contribution < -0.4 is 10.1 Å². The Kier molecular flexibility index (Phi) is 7.72. The summed E-state index contributed by atoms with van der Waals surface area (Å²) in [5.41, 5.74) is 2.24. The summed E-state index contributed by atoms with van der Waals surface area (Å²) in [7, 11) is 0. The average molecular weight is 558 g/mol. The predicted octanol–water partition coefficient (Wildman–Crippen LogP) is 6.36. The van der Waals surface area contributed by atoms with Gasteiger partial charge in [0.05, 0.1) is 11.4 Å². The molecule has 0 spiro atoms. The molecule has 34 heavy (non-hydrogen) atoms. The Morgan fingerprint density at radius 3 is 2.35 bits per heavy atom. The molecule has 0 radical (unpaired) electrons. The van der Waals surface area contributed by atoms with Crippen LogP contribution >= 0.6 is 39.3 Å². The maximum Gasteiger partial charge on any atom is 0.293 e. The number of anilines is 1. The topological polar surface area (TPSA) is 75.7 Å². The van der Waals surface area contributed by atoms with Crippen LogP contribution in [-0.4, -0.2) is 28.6 Å². The van der Waals surface area contributed by atoms with Gasteiger partial charge >= 0.3 is 0 Å². The van der Waals surface area contributed by atoms with E-state index < -0.39 is 0 Å². The van der Waals surface area contributed by atoms with Gasteiger partial charge in [-0.2, -0.15) is 0 Å². The fourth-order valence-electron chi connectivity index (χ4n) is 3.10. The highest BCUT2D eigenvalue weighted by Gasteiger charge is 2.34. The Hall–Kier alpha value is -3.07. The van der Waals surface area contributed by atoms with Gasteiger partial charge in [0, 0.05) is 15.2 Å².